The molecule has 1 aromatic rings. The van der Waals surface area contributed by atoms with Crippen LogP contribution in [0.1, 0.15) is 24.9 Å². The smallest absolute Gasteiger partial charge is 0.329 e. The van der Waals surface area contributed by atoms with E-state index in [-0.39, 0.29) is 18.6 Å². The van der Waals surface area contributed by atoms with Gasteiger partial charge in [0.15, 0.2) is 0 Å². The molecule has 0 radical (unpaired) electrons. The van der Waals surface area contributed by atoms with E-state index in [1.807, 2.05) is 31.2 Å². The summed E-state index contributed by atoms with van der Waals surface area (Å²) in [6.07, 6.45) is 0.719. The maximum atomic E-state index is 11.6. The Bertz CT molecular complexity index is 443. The number of benzene rings is 1. The summed E-state index contributed by atoms with van der Waals surface area (Å²) < 4.78 is 9.82. The molecule has 1 aromatic carbocycles. The molecule has 0 aliphatic heterocycles. The molecule has 6 nitrogen and oxygen atoms in total. The van der Waals surface area contributed by atoms with Crippen molar-refractivity contribution in [2.45, 2.75) is 19.4 Å². The highest BCUT2D eigenvalue weighted by atomic mass is 16.5. The van der Waals surface area contributed by atoms with Crippen molar-refractivity contribution < 1.29 is 24.2 Å². The lowest BCUT2D eigenvalue weighted by Crippen LogP contribution is -2.32. The van der Waals surface area contributed by atoms with Gasteiger partial charge in [0.2, 0.25) is 5.91 Å². The van der Waals surface area contributed by atoms with Crippen molar-refractivity contribution in [1.29, 1.82) is 0 Å². The Morgan fingerprint density at radius 1 is 1.25 bits per heavy atom. The minimum atomic E-state index is -1.10. The van der Waals surface area contributed by atoms with Crippen LogP contribution in [0.4, 0.5) is 0 Å². The third kappa shape index (κ3) is 5.27. The third-order valence-corrected chi connectivity index (χ3v) is 2.72. The number of carbonyl (C=O) groups is 2. The van der Waals surface area contributed by atoms with Crippen molar-refractivity contribution in [2.75, 3.05) is 20.3 Å². The highest BCUT2D eigenvalue weighted by Crippen LogP contribution is 2.19. The van der Waals surface area contributed by atoms with Gasteiger partial charge in [-0.1, -0.05) is 19.1 Å². The molecule has 1 rings (SSSR count). The molecule has 0 aliphatic rings. The van der Waals surface area contributed by atoms with E-state index in [2.05, 4.69) is 5.32 Å². The van der Waals surface area contributed by atoms with Crippen LogP contribution in [0.5, 0.6) is 5.75 Å². The summed E-state index contributed by atoms with van der Waals surface area (Å²) in [5.74, 6) is -0.686. The van der Waals surface area contributed by atoms with E-state index >= 15 is 0 Å². The molecule has 0 saturated carbocycles. The topological polar surface area (TPSA) is 84.9 Å². The molecule has 1 unspecified atom stereocenters. The van der Waals surface area contributed by atoms with Gasteiger partial charge in [-0.25, -0.2) is 4.79 Å². The van der Waals surface area contributed by atoms with E-state index in [0.29, 0.717) is 0 Å². The molecule has 0 bridgehead atoms. The summed E-state index contributed by atoms with van der Waals surface area (Å²) in [6, 6.07) is 7.27. The van der Waals surface area contributed by atoms with Gasteiger partial charge >= 0.3 is 5.97 Å². The fraction of sp³-hybridized carbons (Fsp3) is 0.429. The van der Waals surface area contributed by atoms with Gasteiger partial charge in [-0.15, -0.1) is 0 Å². The van der Waals surface area contributed by atoms with Crippen LogP contribution in [0.15, 0.2) is 24.3 Å². The van der Waals surface area contributed by atoms with Crippen molar-refractivity contribution in [3.05, 3.63) is 29.8 Å². The summed E-state index contributed by atoms with van der Waals surface area (Å²) >= 11 is 0. The molecule has 1 amide bonds. The first-order valence-corrected chi connectivity index (χ1v) is 6.29. The minimum Gasteiger partial charge on any atom is -0.497 e. The highest BCUT2D eigenvalue weighted by molar-refractivity contribution is 5.78. The van der Waals surface area contributed by atoms with Gasteiger partial charge in [0, 0.05) is 0 Å². The quantitative estimate of drug-likeness (QED) is 0.751. The zero-order valence-electron chi connectivity index (χ0n) is 11.6. The number of hydrogen-bond acceptors (Lipinski definition) is 4. The Morgan fingerprint density at radius 3 is 2.40 bits per heavy atom. The van der Waals surface area contributed by atoms with Crippen molar-refractivity contribution in [2.24, 2.45) is 0 Å². The number of nitrogens with one attached hydrogen (secondary N) is 1. The van der Waals surface area contributed by atoms with E-state index in [0.717, 1.165) is 17.7 Å². The molecular formula is C14H19NO5. The summed E-state index contributed by atoms with van der Waals surface area (Å²) in [5, 5.41) is 11.2. The predicted molar refractivity (Wildman–Crippen MR) is 72.6 cm³/mol. The Morgan fingerprint density at radius 2 is 1.90 bits per heavy atom. The van der Waals surface area contributed by atoms with Gasteiger partial charge < -0.3 is 19.9 Å². The van der Waals surface area contributed by atoms with Crippen molar-refractivity contribution in [1.82, 2.24) is 5.32 Å². The molecule has 2 N–H and O–H groups in total. The van der Waals surface area contributed by atoms with E-state index in [9.17, 15) is 9.59 Å². The van der Waals surface area contributed by atoms with Crippen LogP contribution in [0, 0.1) is 0 Å². The fourth-order valence-electron chi connectivity index (χ4n) is 1.72. The SMILES string of the molecule is CCC(NC(=O)COCC(=O)O)c1ccc(OC)cc1. The number of hydrogen-bond donors (Lipinski definition) is 2. The van der Waals surface area contributed by atoms with Gasteiger partial charge in [-0.2, -0.15) is 0 Å². The number of amides is 1. The number of carboxylic acids is 1. The van der Waals surface area contributed by atoms with Crippen LogP contribution < -0.4 is 10.1 Å². The summed E-state index contributed by atoms with van der Waals surface area (Å²) in [7, 11) is 1.59. The number of aliphatic carboxylic acids is 1. The van der Waals surface area contributed by atoms with Crippen LogP contribution in [-0.2, 0) is 14.3 Å². The normalized spacial score (nSPS) is 11.7. The summed E-state index contributed by atoms with van der Waals surface area (Å²) in [6.45, 7) is 1.21. The number of rotatable bonds is 8. The minimum absolute atomic E-state index is 0.137. The van der Waals surface area contributed by atoms with Gasteiger partial charge in [0.05, 0.1) is 13.2 Å². The first-order chi connectivity index (χ1) is 9.56. The lowest BCUT2D eigenvalue weighted by atomic mass is 10.0. The Kier molecular flexibility index (Phi) is 6.52. The van der Waals surface area contributed by atoms with Crippen LogP contribution in [0.2, 0.25) is 0 Å². The first kappa shape index (κ1) is 16.0. The van der Waals surface area contributed by atoms with Gasteiger partial charge in [0.1, 0.15) is 19.0 Å². The Balaban J connectivity index is 2.52. The molecule has 0 aliphatic carbocycles. The van der Waals surface area contributed by atoms with Gasteiger partial charge in [-0.3, -0.25) is 4.79 Å². The third-order valence-electron chi connectivity index (χ3n) is 2.72. The van der Waals surface area contributed by atoms with E-state index < -0.39 is 12.6 Å². The first-order valence-electron chi connectivity index (χ1n) is 6.29. The van der Waals surface area contributed by atoms with Crippen molar-refractivity contribution in [3.63, 3.8) is 0 Å². The van der Waals surface area contributed by atoms with Crippen molar-refractivity contribution in [3.8, 4) is 5.75 Å². The molecule has 6 heteroatoms. The summed E-state index contributed by atoms with van der Waals surface area (Å²) in [5.41, 5.74) is 0.958. The predicted octanol–water partition coefficient (Wildman–Crippen LogP) is 1.36. The number of ether oxygens (including phenoxy) is 2. The molecule has 0 fully saturated rings. The molecule has 0 spiro atoms. The standard InChI is InChI=1S/C14H19NO5/c1-3-12(10-4-6-11(19-2)7-5-10)15-13(16)8-20-9-14(17)18/h4-7,12H,3,8-9H2,1-2H3,(H,15,16)(H,17,18). The number of carbonyl (C=O) groups excluding carboxylic acids is 1. The highest BCUT2D eigenvalue weighted by Gasteiger charge is 2.13. The van der Waals surface area contributed by atoms with E-state index in [4.69, 9.17) is 14.6 Å². The fourth-order valence-corrected chi connectivity index (χ4v) is 1.72. The maximum absolute atomic E-state index is 11.6. The average molecular weight is 281 g/mol. The van der Waals surface area contributed by atoms with E-state index in [1.54, 1.807) is 7.11 Å². The maximum Gasteiger partial charge on any atom is 0.329 e. The molecule has 0 saturated heterocycles. The molecule has 0 aromatic heterocycles. The largest absolute Gasteiger partial charge is 0.497 e. The average Bonchev–Trinajstić information content (AvgIpc) is 2.44. The Hall–Kier alpha value is -2.08. The van der Waals surface area contributed by atoms with E-state index in [1.165, 1.54) is 0 Å². The van der Waals surface area contributed by atoms with Crippen LogP contribution in [-0.4, -0.2) is 37.3 Å². The lowest BCUT2D eigenvalue weighted by Gasteiger charge is -2.17. The van der Waals surface area contributed by atoms with Crippen LogP contribution in [0.3, 0.4) is 0 Å². The van der Waals surface area contributed by atoms with Gasteiger partial charge in [-0.05, 0) is 24.1 Å². The Labute approximate surface area is 117 Å². The summed E-state index contributed by atoms with van der Waals surface area (Å²) in [4.78, 5) is 21.9. The number of carboxylic acid groups (broad SMARTS) is 1. The molecule has 0 heterocycles. The van der Waals surface area contributed by atoms with Gasteiger partial charge in [0.25, 0.3) is 0 Å². The number of methoxy groups -OCH3 is 1. The van der Waals surface area contributed by atoms with Crippen LogP contribution in [0.25, 0.3) is 0 Å². The zero-order valence-corrected chi connectivity index (χ0v) is 11.6. The molecule has 1 atom stereocenters. The lowest BCUT2D eigenvalue weighted by molar-refractivity contribution is -0.143. The molecule has 110 valence electrons. The second kappa shape index (κ2) is 8.16. The zero-order chi connectivity index (χ0) is 15.0. The second-order valence-corrected chi connectivity index (χ2v) is 4.19. The van der Waals surface area contributed by atoms with Crippen LogP contribution >= 0.6 is 0 Å². The monoisotopic (exact) mass is 281 g/mol. The molecule has 20 heavy (non-hydrogen) atoms. The van der Waals surface area contributed by atoms with Crippen molar-refractivity contribution >= 4 is 11.9 Å². The molecular weight excluding hydrogens is 262 g/mol. The second-order valence-electron chi connectivity index (χ2n) is 4.19.